The molecule has 8 heteroatoms. The van der Waals surface area contributed by atoms with Gasteiger partial charge in [-0.15, -0.1) is 11.3 Å². The molecule has 0 spiro atoms. The Balaban J connectivity index is 1.39. The summed E-state index contributed by atoms with van der Waals surface area (Å²) in [5, 5.41) is 7.38. The van der Waals surface area contributed by atoms with Crippen LogP contribution < -0.4 is 4.90 Å². The Morgan fingerprint density at radius 1 is 1.23 bits per heavy atom. The zero-order valence-corrected chi connectivity index (χ0v) is 18.4. The number of thiazole rings is 1. The molecule has 0 radical (unpaired) electrons. The Morgan fingerprint density at radius 2 is 2.03 bits per heavy atom. The van der Waals surface area contributed by atoms with Crippen LogP contribution in [-0.2, 0) is 34.2 Å². The fraction of sp³-hybridized carbons (Fsp3) is 0.364. The van der Waals surface area contributed by atoms with Crippen LogP contribution in [0.4, 0.5) is 5.69 Å². The fourth-order valence-electron chi connectivity index (χ4n) is 3.80. The first-order valence-corrected chi connectivity index (χ1v) is 10.7. The smallest absolute Gasteiger partial charge is 0.310 e. The molecule has 1 aromatic carbocycles. The van der Waals surface area contributed by atoms with E-state index in [0.717, 1.165) is 50.9 Å². The van der Waals surface area contributed by atoms with E-state index >= 15 is 0 Å². The summed E-state index contributed by atoms with van der Waals surface area (Å²) in [6, 6.07) is 6.03. The maximum atomic E-state index is 12.7. The van der Waals surface area contributed by atoms with E-state index in [-0.39, 0.29) is 18.9 Å². The molecule has 3 aromatic rings. The van der Waals surface area contributed by atoms with Crippen molar-refractivity contribution in [1.82, 2.24) is 14.8 Å². The first kappa shape index (κ1) is 20.3. The fourth-order valence-corrected chi connectivity index (χ4v) is 4.43. The average Bonchev–Trinajstić information content (AvgIpc) is 3.40. The molecule has 4 rings (SSSR count). The highest BCUT2D eigenvalue weighted by Gasteiger charge is 2.26. The number of amides is 1. The summed E-state index contributed by atoms with van der Waals surface area (Å²) in [6.07, 6.45) is 0.895. The minimum absolute atomic E-state index is 0.117. The van der Waals surface area contributed by atoms with Crippen molar-refractivity contribution in [1.29, 1.82) is 0 Å². The molecular formula is C22H24N4O3S. The average molecular weight is 425 g/mol. The third kappa shape index (κ3) is 3.87. The first-order valence-electron chi connectivity index (χ1n) is 9.84. The Kier molecular flexibility index (Phi) is 5.42. The predicted octanol–water partition coefficient (Wildman–Crippen LogP) is 3.14. The molecule has 0 saturated carbocycles. The number of hydrogen-bond acceptors (Lipinski definition) is 6. The number of aryl methyl sites for hydroxylation is 3. The zero-order chi connectivity index (χ0) is 21.4. The third-order valence-corrected chi connectivity index (χ3v) is 6.30. The second kappa shape index (κ2) is 8.02. The number of esters is 1. The van der Waals surface area contributed by atoms with E-state index in [1.54, 1.807) is 20.9 Å². The summed E-state index contributed by atoms with van der Waals surface area (Å²) in [6.45, 7) is 6.09. The van der Waals surface area contributed by atoms with E-state index in [0.29, 0.717) is 6.54 Å². The number of nitrogens with zero attached hydrogens (tertiary/aromatic N) is 4. The number of anilines is 1. The zero-order valence-electron chi connectivity index (χ0n) is 17.6. The van der Waals surface area contributed by atoms with Gasteiger partial charge in [-0.3, -0.25) is 14.3 Å². The van der Waals surface area contributed by atoms with Crippen LogP contribution in [0.1, 0.15) is 27.5 Å². The number of carbonyl (C=O) groups excluding carboxylic acids is 2. The largest absolute Gasteiger partial charge is 0.455 e. The second-order valence-electron chi connectivity index (χ2n) is 7.50. The number of ether oxygens (including phenoxy) is 1. The maximum Gasteiger partial charge on any atom is 0.310 e. The Morgan fingerprint density at radius 3 is 2.70 bits per heavy atom. The van der Waals surface area contributed by atoms with Gasteiger partial charge in [-0.1, -0.05) is 6.07 Å². The Labute approximate surface area is 179 Å². The molecule has 2 aromatic heterocycles. The van der Waals surface area contributed by atoms with E-state index in [9.17, 15) is 9.59 Å². The molecule has 1 amide bonds. The van der Waals surface area contributed by atoms with Gasteiger partial charge < -0.3 is 9.64 Å². The van der Waals surface area contributed by atoms with Crippen molar-refractivity contribution in [2.45, 2.75) is 33.6 Å². The quantitative estimate of drug-likeness (QED) is 0.588. The van der Waals surface area contributed by atoms with Crippen molar-refractivity contribution in [3.05, 3.63) is 51.1 Å². The van der Waals surface area contributed by atoms with Crippen molar-refractivity contribution in [3.8, 4) is 11.3 Å². The molecule has 0 N–H and O–H groups in total. The van der Waals surface area contributed by atoms with Crippen LogP contribution in [-0.4, -0.2) is 39.8 Å². The highest BCUT2D eigenvalue weighted by Crippen LogP contribution is 2.32. The van der Waals surface area contributed by atoms with Crippen LogP contribution in [0.25, 0.3) is 11.3 Å². The van der Waals surface area contributed by atoms with Gasteiger partial charge in [0.25, 0.3) is 5.91 Å². The molecule has 30 heavy (non-hydrogen) atoms. The number of rotatable bonds is 5. The predicted molar refractivity (Wildman–Crippen MR) is 116 cm³/mol. The molecule has 1 aliphatic heterocycles. The number of hydrogen-bond donors (Lipinski definition) is 0. The number of carbonyl (C=O) groups is 2. The van der Waals surface area contributed by atoms with E-state index in [2.05, 4.69) is 16.1 Å². The highest BCUT2D eigenvalue weighted by atomic mass is 32.1. The summed E-state index contributed by atoms with van der Waals surface area (Å²) >= 11 is 1.62. The summed E-state index contributed by atoms with van der Waals surface area (Å²) < 4.78 is 7.02. The molecule has 0 unspecified atom stereocenters. The van der Waals surface area contributed by atoms with E-state index in [1.807, 2.05) is 45.3 Å². The van der Waals surface area contributed by atoms with Gasteiger partial charge >= 0.3 is 5.97 Å². The molecule has 0 saturated heterocycles. The van der Waals surface area contributed by atoms with Crippen molar-refractivity contribution < 1.29 is 14.3 Å². The maximum absolute atomic E-state index is 12.7. The van der Waals surface area contributed by atoms with Crippen LogP contribution in [0, 0.1) is 20.8 Å². The molecule has 3 heterocycles. The summed E-state index contributed by atoms with van der Waals surface area (Å²) in [7, 11) is 1.84. The van der Waals surface area contributed by atoms with Crippen LogP contribution in [0.2, 0.25) is 0 Å². The van der Waals surface area contributed by atoms with Crippen molar-refractivity contribution in [2.24, 2.45) is 7.05 Å². The van der Waals surface area contributed by atoms with Gasteiger partial charge in [0.05, 0.1) is 22.8 Å². The molecule has 0 aliphatic carbocycles. The molecule has 0 atom stereocenters. The lowest BCUT2D eigenvalue weighted by atomic mass is 10.1. The summed E-state index contributed by atoms with van der Waals surface area (Å²) in [5.74, 6) is -0.629. The van der Waals surface area contributed by atoms with Gasteiger partial charge in [0.1, 0.15) is 0 Å². The van der Waals surface area contributed by atoms with Gasteiger partial charge in [0.2, 0.25) is 0 Å². The van der Waals surface area contributed by atoms with Gasteiger partial charge in [-0.05, 0) is 44.9 Å². The Bertz CT molecular complexity index is 1130. The molecule has 156 valence electrons. The number of aromatic nitrogens is 3. The van der Waals surface area contributed by atoms with Crippen LogP contribution in [0.5, 0.6) is 0 Å². The third-order valence-electron chi connectivity index (χ3n) is 5.53. The lowest BCUT2D eigenvalue weighted by Gasteiger charge is -2.17. The lowest BCUT2D eigenvalue weighted by molar-refractivity contribution is -0.147. The van der Waals surface area contributed by atoms with Crippen LogP contribution in [0.15, 0.2) is 23.6 Å². The standard InChI is InChI=1S/C22H24N4O3S/c1-13-18(14(2)25(4)24-13)10-22(28)29-11-21(27)26-8-7-17-9-16(5-6-20(17)26)19-12-30-15(3)23-19/h5-6,9,12H,7-8,10-11H2,1-4H3. The Hall–Kier alpha value is -3.00. The molecule has 0 bridgehead atoms. The van der Waals surface area contributed by atoms with Crippen LogP contribution in [0.3, 0.4) is 0 Å². The molecular weight excluding hydrogens is 400 g/mol. The van der Waals surface area contributed by atoms with Gasteiger partial charge in [-0.25, -0.2) is 4.98 Å². The van der Waals surface area contributed by atoms with E-state index in [4.69, 9.17) is 4.74 Å². The monoisotopic (exact) mass is 424 g/mol. The van der Waals surface area contributed by atoms with Crippen molar-refractivity contribution in [2.75, 3.05) is 18.1 Å². The normalized spacial score (nSPS) is 12.9. The second-order valence-corrected chi connectivity index (χ2v) is 8.56. The molecule has 0 fully saturated rings. The van der Waals surface area contributed by atoms with Crippen molar-refractivity contribution in [3.63, 3.8) is 0 Å². The highest BCUT2D eigenvalue weighted by molar-refractivity contribution is 7.09. The summed E-state index contributed by atoms with van der Waals surface area (Å²) in [5.41, 5.74) is 6.59. The van der Waals surface area contributed by atoms with Crippen molar-refractivity contribution >= 4 is 28.9 Å². The lowest BCUT2D eigenvalue weighted by Crippen LogP contribution is -2.33. The topological polar surface area (TPSA) is 77.3 Å². The van der Waals surface area contributed by atoms with Crippen LogP contribution >= 0.6 is 11.3 Å². The minimum atomic E-state index is -0.420. The summed E-state index contributed by atoms with van der Waals surface area (Å²) in [4.78, 5) is 31.2. The van der Waals surface area contributed by atoms with E-state index in [1.165, 1.54) is 0 Å². The number of benzene rings is 1. The van der Waals surface area contributed by atoms with E-state index < -0.39 is 5.97 Å². The first-order chi connectivity index (χ1) is 14.3. The molecule has 7 nitrogen and oxygen atoms in total. The van der Waals surface area contributed by atoms with Gasteiger partial charge in [0, 0.05) is 41.5 Å². The van der Waals surface area contributed by atoms with Gasteiger partial charge in [-0.2, -0.15) is 5.10 Å². The molecule has 1 aliphatic rings. The van der Waals surface area contributed by atoms with Gasteiger partial charge in [0.15, 0.2) is 6.61 Å². The number of fused-ring (bicyclic) bond motifs is 1. The SMILES string of the molecule is Cc1nc(-c2ccc3c(c2)CCN3C(=O)COC(=O)Cc2c(C)nn(C)c2C)cs1. The minimum Gasteiger partial charge on any atom is -0.455 e.